The largest absolute Gasteiger partial charge is 0.389 e. The van der Waals surface area contributed by atoms with Gasteiger partial charge in [-0.15, -0.1) is 0 Å². The van der Waals surface area contributed by atoms with E-state index in [1.54, 1.807) is 18.2 Å². The molecule has 112 valence electrons. The van der Waals surface area contributed by atoms with Gasteiger partial charge >= 0.3 is 0 Å². The Morgan fingerprint density at radius 1 is 1.25 bits per heavy atom. The average Bonchev–Trinajstić information content (AvgIpc) is 2.45. The minimum atomic E-state index is -3.58. The molecule has 3 N–H and O–H groups in total. The summed E-state index contributed by atoms with van der Waals surface area (Å²) < 4.78 is 27.8. The molecule has 0 fully saturated rings. The maximum absolute atomic E-state index is 12.5. The van der Waals surface area contributed by atoms with Crippen molar-refractivity contribution >= 4 is 27.2 Å². The number of nitrogens with one attached hydrogen (secondary N) is 1. The molecule has 4 nitrogen and oxygen atoms in total. The summed E-state index contributed by atoms with van der Waals surface area (Å²) >= 11 is 4.89. The Balaban J connectivity index is 3.17. The van der Waals surface area contributed by atoms with Gasteiger partial charge < -0.3 is 5.73 Å². The molecule has 0 heterocycles. The molecule has 0 atom stereocenters. The van der Waals surface area contributed by atoms with Crippen LogP contribution in [0.2, 0.25) is 0 Å². The number of sulfonamides is 1. The fourth-order valence-corrected chi connectivity index (χ4v) is 3.91. The van der Waals surface area contributed by atoms with Gasteiger partial charge in [0.25, 0.3) is 0 Å². The van der Waals surface area contributed by atoms with E-state index in [2.05, 4.69) is 4.72 Å². The van der Waals surface area contributed by atoms with E-state index in [1.807, 2.05) is 20.8 Å². The van der Waals surface area contributed by atoms with Crippen molar-refractivity contribution < 1.29 is 8.42 Å². The number of rotatable bonds is 7. The minimum absolute atomic E-state index is 0.190. The minimum Gasteiger partial charge on any atom is -0.389 e. The van der Waals surface area contributed by atoms with Gasteiger partial charge in [-0.1, -0.05) is 45.1 Å². The molecule has 0 unspecified atom stereocenters. The van der Waals surface area contributed by atoms with Crippen LogP contribution in [0, 0.1) is 0 Å². The molecule has 6 heteroatoms. The Labute approximate surface area is 126 Å². The first-order valence-corrected chi connectivity index (χ1v) is 8.63. The fourth-order valence-electron chi connectivity index (χ4n) is 2.13. The summed E-state index contributed by atoms with van der Waals surface area (Å²) in [6, 6.07) is 6.41. The molecule has 0 spiro atoms. The highest BCUT2D eigenvalue weighted by molar-refractivity contribution is 7.89. The van der Waals surface area contributed by atoms with Crippen molar-refractivity contribution in [3.05, 3.63) is 29.8 Å². The van der Waals surface area contributed by atoms with Gasteiger partial charge in [0, 0.05) is 11.1 Å². The van der Waals surface area contributed by atoms with Crippen molar-refractivity contribution in [3.63, 3.8) is 0 Å². The molecule has 0 aromatic heterocycles. The van der Waals surface area contributed by atoms with E-state index in [1.165, 1.54) is 6.07 Å². The number of nitrogens with two attached hydrogens (primary N) is 1. The van der Waals surface area contributed by atoms with E-state index in [4.69, 9.17) is 18.0 Å². The molecule has 0 aliphatic heterocycles. The first kappa shape index (κ1) is 17.1. The van der Waals surface area contributed by atoms with Gasteiger partial charge in [-0.2, -0.15) is 0 Å². The third-order valence-corrected chi connectivity index (χ3v) is 5.62. The van der Waals surface area contributed by atoms with E-state index < -0.39 is 15.6 Å². The topological polar surface area (TPSA) is 72.2 Å². The lowest BCUT2D eigenvalue weighted by molar-refractivity contribution is 0.341. The van der Waals surface area contributed by atoms with E-state index >= 15 is 0 Å². The quantitative estimate of drug-likeness (QED) is 0.759. The van der Waals surface area contributed by atoms with Crippen molar-refractivity contribution in [2.75, 3.05) is 0 Å². The molecule has 1 aromatic carbocycles. The van der Waals surface area contributed by atoms with Crippen LogP contribution in [0.5, 0.6) is 0 Å². The monoisotopic (exact) mass is 314 g/mol. The lowest BCUT2D eigenvalue weighted by atomic mass is 9.91. The summed E-state index contributed by atoms with van der Waals surface area (Å²) in [5.74, 6) is 0. The molecule has 0 aliphatic rings. The van der Waals surface area contributed by atoms with Crippen molar-refractivity contribution in [2.24, 2.45) is 5.73 Å². The highest BCUT2D eigenvalue weighted by Crippen LogP contribution is 2.23. The van der Waals surface area contributed by atoms with Gasteiger partial charge in [-0.3, -0.25) is 0 Å². The molecule has 0 aliphatic carbocycles. The van der Waals surface area contributed by atoms with Gasteiger partial charge in [0.05, 0.1) is 4.90 Å². The highest BCUT2D eigenvalue weighted by atomic mass is 32.2. The van der Waals surface area contributed by atoms with Gasteiger partial charge in [0.1, 0.15) is 4.99 Å². The van der Waals surface area contributed by atoms with Crippen LogP contribution in [-0.2, 0) is 10.0 Å². The van der Waals surface area contributed by atoms with Crippen LogP contribution in [0.4, 0.5) is 0 Å². The Morgan fingerprint density at radius 2 is 1.80 bits per heavy atom. The normalized spacial score (nSPS) is 12.3. The molecule has 1 aromatic rings. The second-order valence-corrected chi connectivity index (χ2v) is 6.96. The zero-order valence-electron chi connectivity index (χ0n) is 12.1. The summed E-state index contributed by atoms with van der Waals surface area (Å²) in [6.45, 7) is 5.96. The predicted octanol–water partition coefficient (Wildman–Crippen LogP) is 2.57. The number of hydrogen-bond donors (Lipinski definition) is 2. The van der Waals surface area contributed by atoms with Crippen molar-refractivity contribution in [2.45, 2.75) is 50.5 Å². The maximum atomic E-state index is 12.5. The second kappa shape index (κ2) is 6.65. The third-order valence-electron chi connectivity index (χ3n) is 3.81. The highest BCUT2D eigenvalue weighted by Gasteiger charge is 2.30. The smallest absolute Gasteiger partial charge is 0.241 e. The van der Waals surface area contributed by atoms with Crippen LogP contribution >= 0.6 is 12.2 Å². The first-order valence-electron chi connectivity index (χ1n) is 6.74. The number of thiocarbonyl (C=S) groups is 1. The molecule has 0 bridgehead atoms. The zero-order valence-corrected chi connectivity index (χ0v) is 13.8. The van der Waals surface area contributed by atoms with Crippen molar-refractivity contribution in [3.8, 4) is 0 Å². The number of benzene rings is 1. The van der Waals surface area contributed by atoms with E-state index in [0.717, 1.165) is 19.3 Å². The van der Waals surface area contributed by atoms with E-state index in [-0.39, 0.29) is 9.88 Å². The van der Waals surface area contributed by atoms with Crippen LogP contribution in [0.15, 0.2) is 29.2 Å². The van der Waals surface area contributed by atoms with E-state index in [0.29, 0.717) is 5.56 Å². The van der Waals surface area contributed by atoms with Crippen LogP contribution < -0.4 is 10.5 Å². The summed E-state index contributed by atoms with van der Waals surface area (Å²) in [4.78, 5) is 0.386. The third kappa shape index (κ3) is 3.77. The molecule has 0 radical (unpaired) electrons. The van der Waals surface area contributed by atoms with Crippen molar-refractivity contribution in [1.82, 2.24) is 4.72 Å². The molecular formula is C14H22N2O2S2. The second-order valence-electron chi connectivity index (χ2n) is 4.84. The fraction of sp³-hybridized carbons (Fsp3) is 0.500. The first-order chi connectivity index (χ1) is 9.30. The van der Waals surface area contributed by atoms with Crippen LogP contribution in [-0.4, -0.2) is 18.9 Å². The van der Waals surface area contributed by atoms with Crippen LogP contribution in [0.3, 0.4) is 0 Å². The van der Waals surface area contributed by atoms with Crippen molar-refractivity contribution in [1.29, 1.82) is 0 Å². The predicted molar refractivity (Wildman–Crippen MR) is 86.3 cm³/mol. The summed E-state index contributed by atoms with van der Waals surface area (Å²) in [6.07, 6.45) is 2.23. The Hall–Kier alpha value is -0.980. The van der Waals surface area contributed by atoms with Gasteiger partial charge in [0.2, 0.25) is 10.0 Å². The average molecular weight is 314 g/mol. The Kier molecular flexibility index (Phi) is 5.68. The molecule has 20 heavy (non-hydrogen) atoms. The van der Waals surface area contributed by atoms with Gasteiger partial charge in [-0.25, -0.2) is 13.1 Å². The van der Waals surface area contributed by atoms with Crippen LogP contribution in [0.1, 0.15) is 45.6 Å². The Morgan fingerprint density at radius 3 is 2.25 bits per heavy atom. The van der Waals surface area contributed by atoms with Gasteiger partial charge in [-0.05, 0) is 31.4 Å². The lowest BCUT2D eigenvalue weighted by Gasteiger charge is -2.31. The molecule has 0 saturated carbocycles. The van der Waals surface area contributed by atoms with Crippen LogP contribution in [0.25, 0.3) is 0 Å². The summed E-state index contributed by atoms with van der Waals surface area (Å²) in [5.41, 5.74) is 5.70. The SMILES string of the molecule is CCC(CC)(CC)NS(=O)(=O)c1cccc(C(N)=S)c1. The summed E-state index contributed by atoms with van der Waals surface area (Å²) in [5, 5.41) is 0. The lowest BCUT2D eigenvalue weighted by Crippen LogP contribution is -2.46. The van der Waals surface area contributed by atoms with Gasteiger partial charge in [0.15, 0.2) is 0 Å². The number of hydrogen-bond acceptors (Lipinski definition) is 3. The standard InChI is InChI=1S/C14H22N2O2S2/c1-4-14(5-2,6-3)16-20(17,18)12-9-7-8-11(10-12)13(15)19/h7-10,16H,4-6H2,1-3H3,(H2,15,19). The Bertz CT molecular complexity index is 570. The van der Waals surface area contributed by atoms with E-state index in [9.17, 15) is 8.42 Å². The zero-order chi connectivity index (χ0) is 15.4. The maximum Gasteiger partial charge on any atom is 0.241 e. The molecular weight excluding hydrogens is 292 g/mol. The summed E-state index contributed by atoms with van der Waals surface area (Å²) in [7, 11) is -3.58. The molecule has 0 amide bonds. The molecule has 0 saturated heterocycles. The molecule has 1 rings (SSSR count).